The summed E-state index contributed by atoms with van der Waals surface area (Å²) >= 11 is 7.35. The Hall–Kier alpha value is -1.53. The third-order valence-corrected chi connectivity index (χ3v) is 3.84. The summed E-state index contributed by atoms with van der Waals surface area (Å²) in [5, 5.41) is 11.8. The first-order chi connectivity index (χ1) is 9.16. The van der Waals surface area contributed by atoms with Crippen molar-refractivity contribution in [1.29, 1.82) is 0 Å². The van der Waals surface area contributed by atoms with Crippen LogP contribution in [0.15, 0.2) is 35.7 Å². The van der Waals surface area contributed by atoms with Crippen molar-refractivity contribution in [2.45, 2.75) is 11.7 Å². The van der Waals surface area contributed by atoms with Crippen LogP contribution in [0.2, 0.25) is 5.02 Å². The predicted molar refractivity (Wildman–Crippen MR) is 75.0 cm³/mol. The molecule has 1 N–H and O–H groups in total. The minimum atomic E-state index is -0.0621. The highest BCUT2D eigenvalue weighted by Crippen LogP contribution is 2.15. The molecule has 7 heteroatoms. The van der Waals surface area contributed by atoms with Gasteiger partial charge in [-0.1, -0.05) is 41.6 Å². The SMILES string of the molecule is Cn1cnnc1SCC(=O)NCc1ccccc1Cl. The second-order valence-corrected chi connectivity index (χ2v) is 5.23. The van der Waals surface area contributed by atoms with E-state index in [1.165, 1.54) is 11.8 Å². The van der Waals surface area contributed by atoms with Gasteiger partial charge in [-0.15, -0.1) is 10.2 Å². The van der Waals surface area contributed by atoms with Gasteiger partial charge in [-0.05, 0) is 11.6 Å². The Kier molecular flexibility index (Phi) is 4.81. The van der Waals surface area contributed by atoms with Crippen molar-refractivity contribution in [1.82, 2.24) is 20.1 Å². The van der Waals surface area contributed by atoms with E-state index in [1.54, 1.807) is 17.0 Å². The van der Waals surface area contributed by atoms with Gasteiger partial charge in [0.25, 0.3) is 0 Å². The molecule has 19 heavy (non-hydrogen) atoms. The Balaban J connectivity index is 1.79. The molecule has 0 saturated heterocycles. The lowest BCUT2D eigenvalue weighted by atomic mass is 10.2. The van der Waals surface area contributed by atoms with E-state index in [4.69, 9.17) is 11.6 Å². The number of hydrogen-bond donors (Lipinski definition) is 1. The number of nitrogens with one attached hydrogen (secondary N) is 1. The van der Waals surface area contributed by atoms with Crippen LogP contribution < -0.4 is 5.32 Å². The molecule has 0 bridgehead atoms. The highest BCUT2D eigenvalue weighted by molar-refractivity contribution is 7.99. The molecule has 0 aliphatic carbocycles. The molecule has 1 amide bonds. The molecular weight excluding hydrogens is 284 g/mol. The number of amides is 1. The molecule has 1 aromatic carbocycles. The van der Waals surface area contributed by atoms with E-state index in [-0.39, 0.29) is 5.91 Å². The Morgan fingerprint density at radius 2 is 2.26 bits per heavy atom. The number of aromatic nitrogens is 3. The first-order valence-electron chi connectivity index (χ1n) is 5.63. The van der Waals surface area contributed by atoms with Gasteiger partial charge in [-0.25, -0.2) is 0 Å². The highest BCUT2D eigenvalue weighted by atomic mass is 35.5. The van der Waals surface area contributed by atoms with Crippen LogP contribution in [0, 0.1) is 0 Å². The lowest BCUT2D eigenvalue weighted by Gasteiger charge is -2.06. The van der Waals surface area contributed by atoms with Crippen LogP contribution in [-0.2, 0) is 18.4 Å². The molecule has 5 nitrogen and oxygen atoms in total. The zero-order chi connectivity index (χ0) is 13.7. The van der Waals surface area contributed by atoms with Crippen LogP contribution in [0.5, 0.6) is 0 Å². The van der Waals surface area contributed by atoms with Crippen molar-refractivity contribution in [3.05, 3.63) is 41.2 Å². The van der Waals surface area contributed by atoms with Gasteiger partial charge in [0.15, 0.2) is 5.16 Å². The minimum absolute atomic E-state index is 0.0621. The number of nitrogens with zero attached hydrogens (tertiary/aromatic N) is 3. The second kappa shape index (κ2) is 6.58. The number of rotatable bonds is 5. The maximum Gasteiger partial charge on any atom is 0.230 e. The van der Waals surface area contributed by atoms with Crippen LogP contribution in [0.3, 0.4) is 0 Å². The Morgan fingerprint density at radius 3 is 2.95 bits per heavy atom. The average molecular weight is 297 g/mol. The number of halogens is 1. The summed E-state index contributed by atoms with van der Waals surface area (Å²) in [4.78, 5) is 11.7. The fourth-order valence-electron chi connectivity index (χ4n) is 1.42. The van der Waals surface area contributed by atoms with Crippen LogP contribution in [0.25, 0.3) is 0 Å². The fraction of sp³-hybridized carbons (Fsp3) is 0.250. The van der Waals surface area contributed by atoms with Gasteiger partial charge in [0.2, 0.25) is 5.91 Å². The quantitative estimate of drug-likeness (QED) is 0.856. The Morgan fingerprint density at radius 1 is 1.47 bits per heavy atom. The summed E-state index contributed by atoms with van der Waals surface area (Å²) in [5.41, 5.74) is 0.904. The normalized spacial score (nSPS) is 10.4. The van der Waals surface area contributed by atoms with E-state index in [1.807, 2.05) is 25.2 Å². The van der Waals surface area contributed by atoms with Crippen LogP contribution in [0.4, 0.5) is 0 Å². The van der Waals surface area contributed by atoms with Gasteiger partial charge in [0.05, 0.1) is 5.75 Å². The molecular formula is C12H13ClN4OS. The highest BCUT2D eigenvalue weighted by Gasteiger charge is 2.07. The third-order valence-electron chi connectivity index (χ3n) is 2.44. The molecule has 2 rings (SSSR count). The van der Waals surface area contributed by atoms with Crippen LogP contribution in [-0.4, -0.2) is 26.4 Å². The summed E-state index contributed by atoms with van der Waals surface area (Å²) in [6, 6.07) is 7.44. The van der Waals surface area contributed by atoms with E-state index in [9.17, 15) is 4.79 Å². The van der Waals surface area contributed by atoms with Crippen LogP contribution in [0.1, 0.15) is 5.56 Å². The van der Waals surface area contributed by atoms with Gasteiger partial charge in [-0.3, -0.25) is 4.79 Å². The molecule has 0 spiro atoms. The predicted octanol–water partition coefficient (Wildman–Crippen LogP) is 1.88. The van der Waals surface area contributed by atoms with E-state index in [0.717, 1.165) is 5.56 Å². The molecule has 1 aromatic heterocycles. The first kappa shape index (κ1) is 13.9. The second-order valence-electron chi connectivity index (χ2n) is 3.88. The molecule has 100 valence electrons. The molecule has 0 unspecified atom stereocenters. The molecule has 0 saturated carbocycles. The molecule has 0 atom stereocenters. The van der Waals surface area contributed by atoms with E-state index < -0.39 is 0 Å². The van der Waals surface area contributed by atoms with Crippen molar-refractivity contribution in [3.8, 4) is 0 Å². The summed E-state index contributed by atoms with van der Waals surface area (Å²) < 4.78 is 1.77. The maximum atomic E-state index is 11.7. The topological polar surface area (TPSA) is 59.8 Å². The summed E-state index contributed by atoms with van der Waals surface area (Å²) in [6.45, 7) is 0.428. The average Bonchev–Trinajstić information content (AvgIpc) is 2.81. The lowest BCUT2D eigenvalue weighted by molar-refractivity contribution is -0.118. The Bertz CT molecular complexity index is 572. The third kappa shape index (κ3) is 3.97. The number of benzene rings is 1. The lowest BCUT2D eigenvalue weighted by Crippen LogP contribution is -2.24. The fourth-order valence-corrected chi connectivity index (χ4v) is 2.34. The number of aryl methyl sites for hydroxylation is 1. The van der Waals surface area contributed by atoms with Gasteiger partial charge in [0, 0.05) is 18.6 Å². The number of hydrogen-bond acceptors (Lipinski definition) is 4. The van der Waals surface area contributed by atoms with Crippen molar-refractivity contribution < 1.29 is 4.79 Å². The van der Waals surface area contributed by atoms with Crippen molar-refractivity contribution in [2.75, 3.05) is 5.75 Å². The van der Waals surface area contributed by atoms with Crippen LogP contribution >= 0.6 is 23.4 Å². The molecule has 0 aliphatic rings. The zero-order valence-electron chi connectivity index (χ0n) is 10.3. The summed E-state index contributed by atoms with van der Waals surface area (Å²) in [7, 11) is 1.84. The molecule has 0 fully saturated rings. The zero-order valence-corrected chi connectivity index (χ0v) is 11.9. The Labute approximate surface area is 120 Å². The molecule has 0 aliphatic heterocycles. The van der Waals surface area contributed by atoms with E-state index in [0.29, 0.717) is 22.5 Å². The smallest absolute Gasteiger partial charge is 0.230 e. The molecule has 1 heterocycles. The van der Waals surface area contributed by atoms with E-state index >= 15 is 0 Å². The molecule has 0 radical (unpaired) electrons. The number of carbonyl (C=O) groups is 1. The first-order valence-corrected chi connectivity index (χ1v) is 7.00. The summed E-state index contributed by atoms with van der Waals surface area (Å²) in [6.07, 6.45) is 1.60. The van der Waals surface area contributed by atoms with Gasteiger partial charge < -0.3 is 9.88 Å². The number of carbonyl (C=O) groups excluding carboxylic acids is 1. The maximum absolute atomic E-state index is 11.7. The van der Waals surface area contributed by atoms with Crippen molar-refractivity contribution >= 4 is 29.3 Å². The van der Waals surface area contributed by atoms with Gasteiger partial charge >= 0.3 is 0 Å². The monoisotopic (exact) mass is 296 g/mol. The largest absolute Gasteiger partial charge is 0.351 e. The minimum Gasteiger partial charge on any atom is -0.351 e. The van der Waals surface area contributed by atoms with Gasteiger partial charge in [-0.2, -0.15) is 0 Å². The molecule has 2 aromatic rings. The summed E-state index contributed by atoms with van der Waals surface area (Å²) in [5.74, 6) is 0.240. The van der Waals surface area contributed by atoms with Crippen molar-refractivity contribution in [2.24, 2.45) is 7.05 Å². The van der Waals surface area contributed by atoms with Crippen molar-refractivity contribution in [3.63, 3.8) is 0 Å². The standard InChI is InChI=1S/C12H13ClN4OS/c1-17-8-15-16-12(17)19-7-11(18)14-6-9-4-2-3-5-10(9)13/h2-5,8H,6-7H2,1H3,(H,14,18). The number of thioether (sulfide) groups is 1. The van der Waals surface area contributed by atoms with Gasteiger partial charge in [0.1, 0.15) is 6.33 Å². The van der Waals surface area contributed by atoms with E-state index in [2.05, 4.69) is 15.5 Å².